The first-order valence-electron chi connectivity index (χ1n) is 10.9. The summed E-state index contributed by atoms with van der Waals surface area (Å²) in [6.07, 6.45) is 4.01. The quantitative estimate of drug-likeness (QED) is 0.312. The number of rotatable bonds is 10. The van der Waals surface area contributed by atoms with Crippen LogP contribution in [0.5, 0.6) is 23.0 Å². The van der Waals surface area contributed by atoms with E-state index in [0.29, 0.717) is 31.3 Å². The zero-order valence-electron chi connectivity index (χ0n) is 19.2. The maximum Gasteiger partial charge on any atom is 0.161 e. The van der Waals surface area contributed by atoms with Crippen LogP contribution in [0, 0.1) is 0 Å². The lowest BCUT2D eigenvalue weighted by Crippen LogP contribution is -2.13. The van der Waals surface area contributed by atoms with Gasteiger partial charge in [-0.1, -0.05) is 30.4 Å². The standard InChI is InChI=1S/C27H28N2O4/c1-4-7-20-10-15-25(26(18-20)31-3)33-19-27-28-23-8-5-6-9-24(23)29(27)16-17-32-22-13-11-21(30-2)12-14-22/h4-15,18H,16-17,19H2,1-3H3/b7-4-. The van der Waals surface area contributed by atoms with Crippen molar-refractivity contribution in [3.05, 3.63) is 84.2 Å². The molecule has 0 saturated heterocycles. The summed E-state index contributed by atoms with van der Waals surface area (Å²) in [6.45, 7) is 3.44. The Morgan fingerprint density at radius 3 is 2.39 bits per heavy atom. The summed E-state index contributed by atoms with van der Waals surface area (Å²) >= 11 is 0. The summed E-state index contributed by atoms with van der Waals surface area (Å²) in [6, 6.07) is 21.5. The number of allylic oxidation sites excluding steroid dienone is 1. The largest absolute Gasteiger partial charge is 0.497 e. The Morgan fingerprint density at radius 1 is 0.848 bits per heavy atom. The number of para-hydroxylation sites is 2. The molecular formula is C27H28N2O4. The molecule has 0 bridgehead atoms. The highest BCUT2D eigenvalue weighted by Crippen LogP contribution is 2.29. The Labute approximate surface area is 194 Å². The lowest BCUT2D eigenvalue weighted by atomic mass is 10.2. The van der Waals surface area contributed by atoms with E-state index in [9.17, 15) is 0 Å². The first-order valence-corrected chi connectivity index (χ1v) is 10.9. The molecule has 0 aliphatic heterocycles. The molecule has 0 atom stereocenters. The first-order chi connectivity index (χ1) is 16.2. The second kappa shape index (κ2) is 10.6. The molecule has 0 spiro atoms. The third-order valence-electron chi connectivity index (χ3n) is 5.28. The van der Waals surface area contributed by atoms with E-state index in [2.05, 4.69) is 10.6 Å². The van der Waals surface area contributed by atoms with Crippen molar-refractivity contribution in [2.24, 2.45) is 0 Å². The highest BCUT2D eigenvalue weighted by Gasteiger charge is 2.13. The van der Waals surface area contributed by atoms with Gasteiger partial charge in [0.1, 0.15) is 30.5 Å². The topological polar surface area (TPSA) is 54.7 Å². The summed E-state index contributed by atoms with van der Waals surface area (Å²) in [5, 5.41) is 0. The van der Waals surface area contributed by atoms with Gasteiger partial charge in [-0.3, -0.25) is 0 Å². The number of nitrogens with zero attached hydrogens (tertiary/aromatic N) is 2. The number of hydrogen-bond donors (Lipinski definition) is 0. The maximum absolute atomic E-state index is 6.12. The van der Waals surface area contributed by atoms with Crippen LogP contribution in [0.4, 0.5) is 0 Å². The maximum atomic E-state index is 6.12. The number of benzene rings is 3. The molecule has 0 aliphatic carbocycles. The van der Waals surface area contributed by atoms with Crippen molar-refractivity contribution in [3.8, 4) is 23.0 Å². The van der Waals surface area contributed by atoms with E-state index in [1.807, 2.05) is 79.7 Å². The minimum Gasteiger partial charge on any atom is -0.497 e. The fourth-order valence-corrected chi connectivity index (χ4v) is 3.65. The van der Waals surface area contributed by atoms with Crippen molar-refractivity contribution in [2.45, 2.75) is 20.1 Å². The third-order valence-corrected chi connectivity index (χ3v) is 5.28. The Hall–Kier alpha value is -3.93. The van der Waals surface area contributed by atoms with Gasteiger partial charge < -0.3 is 23.5 Å². The van der Waals surface area contributed by atoms with Crippen LogP contribution in [0.1, 0.15) is 18.3 Å². The number of methoxy groups -OCH3 is 2. The molecule has 1 heterocycles. The molecule has 6 heteroatoms. The Morgan fingerprint density at radius 2 is 1.64 bits per heavy atom. The van der Waals surface area contributed by atoms with E-state index in [4.69, 9.17) is 23.9 Å². The van der Waals surface area contributed by atoms with Crippen LogP contribution in [0.2, 0.25) is 0 Å². The second-order valence-corrected chi connectivity index (χ2v) is 7.39. The van der Waals surface area contributed by atoms with Crippen molar-refractivity contribution in [3.63, 3.8) is 0 Å². The van der Waals surface area contributed by atoms with Crippen LogP contribution in [0.15, 0.2) is 72.8 Å². The Balaban J connectivity index is 1.50. The van der Waals surface area contributed by atoms with Gasteiger partial charge in [0.15, 0.2) is 11.5 Å². The van der Waals surface area contributed by atoms with Crippen LogP contribution in [-0.4, -0.2) is 30.4 Å². The number of hydrogen-bond acceptors (Lipinski definition) is 5. The molecule has 33 heavy (non-hydrogen) atoms. The SMILES string of the molecule is C/C=C\c1ccc(OCc2nc3ccccc3n2CCOc2ccc(OC)cc2)c(OC)c1. The van der Waals surface area contributed by atoms with Crippen molar-refractivity contribution in [1.29, 1.82) is 0 Å². The third kappa shape index (κ3) is 5.29. The molecule has 0 saturated carbocycles. The van der Waals surface area contributed by atoms with Crippen LogP contribution in [0.25, 0.3) is 17.1 Å². The minimum atomic E-state index is 0.316. The van der Waals surface area contributed by atoms with Crippen LogP contribution in [-0.2, 0) is 13.2 Å². The molecule has 1 aromatic heterocycles. The highest BCUT2D eigenvalue weighted by atomic mass is 16.5. The zero-order chi connectivity index (χ0) is 23.0. The van der Waals surface area contributed by atoms with Gasteiger partial charge in [-0.25, -0.2) is 4.98 Å². The van der Waals surface area contributed by atoms with Gasteiger partial charge >= 0.3 is 0 Å². The molecule has 0 fully saturated rings. The molecule has 3 aromatic carbocycles. The molecule has 4 aromatic rings. The summed E-state index contributed by atoms with van der Waals surface area (Å²) in [5.74, 6) is 3.80. The average molecular weight is 445 g/mol. The molecule has 0 unspecified atom stereocenters. The molecule has 4 rings (SSSR count). The lowest BCUT2D eigenvalue weighted by molar-refractivity contribution is 0.261. The average Bonchev–Trinajstić information content (AvgIpc) is 3.21. The fourth-order valence-electron chi connectivity index (χ4n) is 3.65. The smallest absolute Gasteiger partial charge is 0.161 e. The first kappa shape index (κ1) is 22.3. The van der Waals surface area contributed by atoms with Gasteiger partial charge in [0.25, 0.3) is 0 Å². The predicted molar refractivity (Wildman–Crippen MR) is 130 cm³/mol. The Kier molecular flexibility index (Phi) is 7.15. The van der Waals surface area contributed by atoms with Crippen molar-refractivity contribution in [2.75, 3.05) is 20.8 Å². The molecule has 0 N–H and O–H groups in total. The summed E-state index contributed by atoms with van der Waals surface area (Å²) < 4.78 is 24.9. The van der Waals surface area contributed by atoms with Crippen LogP contribution < -0.4 is 18.9 Å². The van der Waals surface area contributed by atoms with Gasteiger partial charge in [-0.2, -0.15) is 0 Å². The van der Waals surface area contributed by atoms with E-state index in [-0.39, 0.29) is 0 Å². The number of fused-ring (bicyclic) bond motifs is 1. The van der Waals surface area contributed by atoms with Crippen molar-refractivity contribution >= 4 is 17.1 Å². The van der Waals surface area contributed by atoms with Crippen LogP contribution in [0.3, 0.4) is 0 Å². The van der Waals surface area contributed by atoms with Gasteiger partial charge in [-0.15, -0.1) is 0 Å². The number of imidazole rings is 1. The van der Waals surface area contributed by atoms with Gasteiger partial charge in [0, 0.05) is 0 Å². The molecule has 6 nitrogen and oxygen atoms in total. The molecular weight excluding hydrogens is 416 g/mol. The zero-order valence-corrected chi connectivity index (χ0v) is 19.2. The van der Waals surface area contributed by atoms with E-state index >= 15 is 0 Å². The number of aromatic nitrogens is 2. The van der Waals surface area contributed by atoms with Crippen LogP contribution >= 0.6 is 0 Å². The molecule has 170 valence electrons. The van der Waals surface area contributed by atoms with E-state index < -0.39 is 0 Å². The molecule has 0 amide bonds. The molecule has 0 radical (unpaired) electrons. The summed E-state index contributed by atoms with van der Waals surface area (Å²) in [7, 11) is 3.29. The second-order valence-electron chi connectivity index (χ2n) is 7.39. The normalized spacial score (nSPS) is 11.1. The highest BCUT2D eigenvalue weighted by molar-refractivity contribution is 5.75. The lowest BCUT2D eigenvalue weighted by Gasteiger charge is -2.14. The minimum absolute atomic E-state index is 0.316. The van der Waals surface area contributed by atoms with E-state index in [1.54, 1.807) is 14.2 Å². The summed E-state index contributed by atoms with van der Waals surface area (Å²) in [4.78, 5) is 4.79. The van der Waals surface area contributed by atoms with Gasteiger partial charge in [0.2, 0.25) is 0 Å². The number of ether oxygens (including phenoxy) is 4. The fraction of sp³-hybridized carbons (Fsp3) is 0.222. The van der Waals surface area contributed by atoms with Gasteiger partial charge in [0.05, 0.1) is 31.8 Å². The van der Waals surface area contributed by atoms with E-state index in [1.165, 1.54) is 0 Å². The van der Waals surface area contributed by atoms with E-state index in [0.717, 1.165) is 33.9 Å². The Bertz CT molecular complexity index is 1230. The predicted octanol–water partition coefficient (Wildman–Crippen LogP) is 5.74. The van der Waals surface area contributed by atoms with Crippen molar-refractivity contribution < 1.29 is 18.9 Å². The molecule has 0 aliphatic rings. The van der Waals surface area contributed by atoms with Gasteiger partial charge in [-0.05, 0) is 61.0 Å². The van der Waals surface area contributed by atoms with Crippen molar-refractivity contribution in [1.82, 2.24) is 9.55 Å². The summed E-state index contributed by atoms with van der Waals surface area (Å²) in [5.41, 5.74) is 3.03. The monoisotopic (exact) mass is 444 g/mol.